The third-order valence-corrected chi connectivity index (χ3v) is 4.20. The molecule has 1 heterocycles. The van der Waals surface area contributed by atoms with Crippen LogP contribution < -0.4 is 0 Å². The lowest BCUT2D eigenvalue weighted by Crippen LogP contribution is -2.37. The van der Waals surface area contributed by atoms with E-state index in [0.717, 1.165) is 11.1 Å². The van der Waals surface area contributed by atoms with Crippen LogP contribution in [0.1, 0.15) is 12.0 Å². The number of rotatable bonds is 5. The number of allylic oxidation sites excluding steroid dienone is 1. The molecule has 1 aliphatic heterocycles. The molecular weight excluding hydrogens is 284 g/mol. The summed E-state index contributed by atoms with van der Waals surface area (Å²) < 4.78 is 11.3. The van der Waals surface area contributed by atoms with Crippen LogP contribution in [0.5, 0.6) is 0 Å². The van der Waals surface area contributed by atoms with Gasteiger partial charge in [0.05, 0.1) is 31.0 Å². The topological polar surface area (TPSA) is 76.0 Å². The zero-order valence-corrected chi connectivity index (χ0v) is 12.0. The standard InChI is InChI=1S/C17H18O5/c18-8-12-6-7-13-14(16(19)20)10-22-17(15(12)13)21-9-11-4-2-1-3-5-11/h1-6,10,13,15,17-18H,7-9H2,(H,19,20)/t13?,15-,17?/m1/s1. The van der Waals surface area contributed by atoms with E-state index in [2.05, 4.69) is 0 Å². The van der Waals surface area contributed by atoms with Gasteiger partial charge in [0.25, 0.3) is 0 Å². The van der Waals surface area contributed by atoms with E-state index in [-0.39, 0.29) is 24.0 Å². The molecule has 0 fully saturated rings. The number of carboxylic acids is 1. The van der Waals surface area contributed by atoms with Crippen LogP contribution in [0.15, 0.2) is 53.8 Å². The van der Waals surface area contributed by atoms with Gasteiger partial charge in [0.1, 0.15) is 0 Å². The molecule has 0 bridgehead atoms. The molecule has 2 unspecified atom stereocenters. The molecule has 1 aromatic carbocycles. The van der Waals surface area contributed by atoms with Crippen molar-refractivity contribution < 1.29 is 24.5 Å². The molecule has 0 saturated carbocycles. The Labute approximate surface area is 128 Å². The number of hydrogen-bond donors (Lipinski definition) is 2. The van der Waals surface area contributed by atoms with E-state index in [1.54, 1.807) is 0 Å². The van der Waals surface area contributed by atoms with Gasteiger partial charge >= 0.3 is 5.97 Å². The quantitative estimate of drug-likeness (QED) is 0.814. The monoisotopic (exact) mass is 302 g/mol. The van der Waals surface area contributed by atoms with Crippen molar-refractivity contribution in [3.05, 3.63) is 59.4 Å². The summed E-state index contributed by atoms with van der Waals surface area (Å²) in [5.74, 6) is -1.43. The Balaban J connectivity index is 1.76. The van der Waals surface area contributed by atoms with Gasteiger partial charge in [-0.05, 0) is 17.6 Å². The predicted molar refractivity (Wildman–Crippen MR) is 78.6 cm³/mol. The number of hydrogen-bond acceptors (Lipinski definition) is 4. The number of aliphatic hydroxyl groups excluding tert-OH is 1. The van der Waals surface area contributed by atoms with E-state index >= 15 is 0 Å². The average molecular weight is 302 g/mol. The maximum absolute atomic E-state index is 11.3. The summed E-state index contributed by atoms with van der Waals surface area (Å²) in [5, 5.41) is 18.8. The number of fused-ring (bicyclic) bond motifs is 1. The largest absolute Gasteiger partial charge is 0.478 e. The molecule has 22 heavy (non-hydrogen) atoms. The van der Waals surface area contributed by atoms with Gasteiger partial charge in [-0.3, -0.25) is 0 Å². The third kappa shape index (κ3) is 2.77. The molecule has 116 valence electrons. The summed E-state index contributed by atoms with van der Waals surface area (Å²) in [5.41, 5.74) is 2.04. The van der Waals surface area contributed by atoms with E-state index in [0.29, 0.717) is 13.0 Å². The second-order valence-corrected chi connectivity index (χ2v) is 5.48. The van der Waals surface area contributed by atoms with Crippen molar-refractivity contribution in [1.29, 1.82) is 0 Å². The van der Waals surface area contributed by atoms with Gasteiger partial charge < -0.3 is 19.7 Å². The second-order valence-electron chi connectivity index (χ2n) is 5.48. The first-order valence-corrected chi connectivity index (χ1v) is 7.25. The van der Waals surface area contributed by atoms with Gasteiger partial charge in [-0.15, -0.1) is 0 Å². The lowest BCUT2D eigenvalue weighted by atomic mass is 9.83. The minimum Gasteiger partial charge on any atom is -0.478 e. The summed E-state index contributed by atoms with van der Waals surface area (Å²) >= 11 is 0. The van der Waals surface area contributed by atoms with Gasteiger partial charge in [0.15, 0.2) is 0 Å². The Kier molecular flexibility index (Phi) is 4.27. The summed E-state index contributed by atoms with van der Waals surface area (Å²) in [6, 6.07) is 9.70. The smallest absolute Gasteiger partial charge is 0.335 e. The normalized spacial score (nSPS) is 26.7. The van der Waals surface area contributed by atoms with Crippen molar-refractivity contribution in [3.8, 4) is 0 Å². The van der Waals surface area contributed by atoms with Crippen molar-refractivity contribution in [3.63, 3.8) is 0 Å². The second kappa shape index (κ2) is 6.34. The zero-order valence-electron chi connectivity index (χ0n) is 12.0. The van der Waals surface area contributed by atoms with E-state index in [9.17, 15) is 15.0 Å². The fourth-order valence-corrected chi connectivity index (χ4v) is 3.09. The third-order valence-electron chi connectivity index (χ3n) is 4.20. The van der Waals surface area contributed by atoms with E-state index < -0.39 is 12.3 Å². The molecule has 1 aromatic rings. The number of aliphatic carboxylic acids is 1. The van der Waals surface area contributed by atoms with E-state index in [1.165, 1.54) is 6.26 Å². The van der Waals surface area contributed by atoms with Gasteiger partial charge in [-0.1, -0.05) is 36.4 Å². The molecule has 0 radical (unpaired) electrons. The van der Waals surface area contributed by atoms with Crippen molar-refractivity contribution in [2.75, 3.05) is 6.61 Å². The molecule has 0 amide bonds. The van der Waals surface area contributed by atoms with Gasteiger partial charge in [0, 0.05) is 5.92 Å². The van der Waals surface area contributed by atoms with Gasteiger partial charge in [-0.25, -0.2) is 4.79 Å². The maximum atomic E-state index is 11.3. The Morgan fingerprint density at radius 1 is 1.32 bits per heavy atom. The van der Waals surface area contributed by atoms with Crippen LogP contribution in [0.2, 0.25) is 0 Å². The number of carboxylic acid groups (broad SMARTS) is 1. The molecule has 2 aliphatic rings. The van der Waals surface area contributed by atoms with Crippen LogP contribution in [0.4, 0.5) is 0 Å². The number of benzene rings is 1. The number of ether oxygens (including phenoxy) is 2. The molecule has 0 spiro atoms. The molecule has 0 aromatic heterocycles. The predicted octanol–water partition coefficient (Wildman–Crippen LogP) is 2.08. The highest BCUT2D eigenvalue weighted by atomic mass is 16.7. The van der Waals surface area contributed by atoms with Crippen molar-refractivity contribution in [1.82, 2.24) is 0 Å². The fourth-order valence-electron chi connectivity index (χ4n) is 3.09. The SMILES string of the molecule is O=C(O)C1=COC(OCc2ccccc2)[C@@H]2C(CO)=CCC12. The van der Waals surface area contributed by atoms with Gasteiger partial charge in [0.2, 0.25) is 6.29 Å². The minimum absolute atomic E-state index is 0.109. The van der Waals surface area contributed by atoms with Crippen molar-refractivity contribution >= 4 is 5.97 Å². The van der Waals surface area contributed by atoms with Gasteiger partial charge in [-0.2, -0.15) is 0 Å². The Bertz CT molecular complexity index is 605. The summed E-state index contributed by atoms with van der Waals surface area (Å²) in [6.45, 7) is 0.270. The summed E-state index contributed by atoms with van der Waals surface area (Å²) in [4.78, 5) is 11.3. The minimum atomic E-state index is -0.982. The number of aliphatic hydroxyl groups is 1. The molecule has 1 aliphatic carbocycles. The Morgan fingerprint density at radius 2 is 2.09 bits per heavy atom. The van der Waals surface area contributed by atoms with E-state index in [4.69, 9.17) is 9.47 Å². The van der Waals surface area contributed by atoms with Crippen LogP contribution >= 0.6 is 0 Å². The highest BCUT2D eigenvalue weighted by Gasteiger charge is 2.44. The first-order chi connectivity index (χ1) is 10.7. The summed E-state index contributed by atoms with van der Waals surface area (Å²) in [7, 11) is 0. The molecule has 5 nitrogen and oxygen atoms in total. The van der Waals surface area contributed by atoms with Crippen molar-refractivity contribution in [2.45, 2.75) is 19.3 Å². The Hall–Kier alpha value is -2.11. The molecule has 3 rings (SSSR count). The molecule has 5 heteroatoms. The highest BCUT2D eigenvalue weighted by molar-refractivity contribution is 5.87. The lowest BCUT2D eigenvalue weighted by Gasteiger charge is -2.34. The van der Waals surface area contributed by atoms with Crippen LogP contribution in [-0.4, -0.2) is 29.1 Å². The molecular formula is C17H18O5. The lowest BCUT2D eigenvalue weighted by molar-refractivity contribution is -0.160. The average Bonchev–Trinajstić information content (AvgIpc) is 2.97. The van der Waals surface area contributed by atoms with Crippen molar-refractivity contribution in [2.24, 2.45) is 11.8 Å². The van der Waals surface area contributed by atoms with Crippen LogP contribution in [0, 0.1) is 11.8 Å². The van der Waals surface area contributed by atoms with E-state index in [1.807, 2.05) is 36.4 Å². The number of carbonyl (C=O) groups is 1. The molecule has 2 N–H and O–H groups in total. The first kappa shape index (κ1) is 14.8. The zero-order chi connectivity index (χ0) is 15.5. The molecule has 0 saturated heterocycles. The highest BCUT2D eigenvalue weighted by Crippen LogP contribution is 2.43. The summed E-state index contributed by atoms with van der Waals surface area (Å²) in [6.07, 6.45) is 3.19. The molecule has 3 atom stereocenters. The fraction of sp³-hybridized carbons (Fsp3) is 0.353. The van der Waals surface area contributed by atoms with Crippen LogP contribution in [-0.2, 0) is 20.9 Å². The van der Waals surface area contributed by atoms with Crippen LogP contribution in [0.3, 0.4) is 0 Å². The maximum Gasteiger partial charge on any atom is 0.335 e. The first-order valence-electron chi connectivity index (χ1n) is 7.25. The van der Waals surface area contributed by atoms with Crippen LogP contribution in [0.25, 0.3) is 0 Å². The Morgan fingerprint density at radius 3 is 2.77 bits per heavy atom.